The molecule has 0 aliphatic heterocycles. The summed E-state index contributed by atoms with van der Waals surface area (Å²) in [7, 11) is 0. The van der Waals surface area contributed by atoms with E-state index in [1.165, 1.54) is 11.8 Å². The number of thioether (sulfide) groups is 1. The number of aromatic nitrogens is 3. The lowest BCUT2D eigenvalue weighted by Crippen LogP contribution is -1.96. The van der Waals surface area contributed by atoms with Crippen molar-refractivity contribution in [1.29, 1.82) is 0 Å². The number of aryl methyl sites for hydroxylation is 1. The molecule has 0 aliphatic rings. The summed E-state index contributed by atoms with van der Waals surface area (Å²) in [5.74, 6) is 1.34. The summed E-state index contributed by atoms with van der Waals surface area (Å²) in [6.45, 7) is 1.85. The molecule has 3 rings (SSSR count). The van der Waals surface area contributed by atoms with E-state index in [9.17, 15) is 0 Å². The number of rotatable bonds is 5. The molecule has 0 spiro atoms. The van der Waals surface area contributed by atoms with Crippen molar-refractivity contribution < 1.29 is 0 Å². The first-order chi connectivity index (χ1) is 12.0. The fourth-order valence-corrected chi connectivity index (χ4v) is 3.74. The Balaban J connectivity index is 1.77. The summed E-state index contributed by atoms with van der Waals surface area (Å²) in [5.41, 5.74) is 1.87. The van der Waals surface area contributed by atoms with Crippen molar-refractivity contribution in [2.75, 3.05) is 0 Å². The van der Waals surface area contributed by atoms with E-state index < -0.39 is 0 Å². The summed E-state index contributed by atoms with van der Waals surface area (Å²) in [6, 6.07) is 12.9. The predicted octanol–water partition coefficient (Wildman–Crippen LogP) is 5.72. The van der Waals surface area contributed by atoms with Gasteiger partial charge in [-0.2, -0.15) is 9.78 Å². The van der Waals surface area contributed by atoms with Gasteiger partial charge in [-0.15, -0.1) is 10.2 Å². The highest BCUT2D eigenvalue weighted by atomic mass is 35.5. The van der Waals surface area contributed by atoms with Crippen LogP contribution in [0.15, 0.2) is 52.7 Å². The van der Waals surface area contributed by atoms with Gasteiger partial charge in [0.2, 0.25) is 5.16 Å². The molecule has 0 aliphatic carbocycles. The largest absolute Gasteiger partial charge is 0.212 e. The zero-order valence-electron chi connectivity index (χ0n) is 13.2. The molecule has 0 saturated heterocycles. The summed E-state index contributed by atoms with van der Waals surface area (Å²) in [4.78, 5) is 0. The standard InChI is InChI=1S/C17H13Cl3N4S/c1-11-22-23-17(25-10-13-5-6-15(19)8-16(13)20)24(11)21-9-12-3-2-4-14(18)7-12/h2-9H,10H2,1H3/b21-9-. The van der Waals surface area contributed by atoms with E-state index in [0.717, 1.165) is 11.1 Å². The normalized spacial score (nSPS) is 11.4. The molecule has 0 fully saturated rings. The van der Waals surface area contributed by atoms with Crippen LogP contribution >= 0.6 is 46.6 Å². The maximum Gasteiger partial charge on any atom is 0.212 e. The van der Waals surface area contributed by atoms with Gasteiger partial charge < -0.3 is 0 Å². The van der Waals surface area contributed by atoms with Crippen molar-refractivity contribution in [3.05, 3.63) is 74.5 Å². The highest BCUT2D eigenvalue weighted by Gasteiger charge is 2.10. The van der Waals surface area contributed by atoms with Gasteiger partial charge >= 0.3 is 0 Å². The summed E-state index contributed by atoms with van der Waals surface area (Å²) >= 11 is 19.6. The number of hydrogen-bond donors (Lipinski definition) is 0. The molecule has 0 saturated carbocycles. The number of hydrogen-bond acceptors (Lipinski definition) is 4. The maximum absolute atomic E-state index is 6.21. The smallest absolute Gasteiger partial charge is 0.192 e. The van der Waals surface area contributed by atoms with Crippen molar-refractivity contribution in [2.24, 2.45) is 5.10 Å². The molecular formula is C17H13Cl3N4S. The van der Waals surface area contributed by atoms with E-state index in [1.54, 1.807) is 17.0 Å². The van der Waals surface area contributed by atoms with Crippen LogP contribution in [0.3, 0.4) is 0 Å². The second kappa shape index (κ2) is 8.23. The molecule has 4 nitrogen and oxygen atoms in total. The van der Waals surface area contributed by atoms with Gasteiger partial charge in [0.15, 0.2) is 5.82 Å². The molecule has 0 bridgehead atoms. The van der Waals surface area contributed by atoms with Gasteiger partial charge in [-0.05, 0) is 42.3 Å². The van der Waals surface area contributed by atoms with Crippen LogP contribution in [0, 0.1) is 6.92 Å². The van der Waals surface area contributed by atoms with E-state index in [-0.39, 0.29) is 0 Å². The van der Waals surface area contributed by atoms with E-state index >= 15 is 0 Å². The Morgan fingerprint density at radius 1 is 1.08 bits per heavy atom. The Kier molecular flexibility index (Phi) is 6.02. The van der Waals surface area contributed by atoms with Gasteiger partial charge in [-0.25, -0.2) is 0 Å². The molecule has 0 atom stereocenters. The highest BCUT2D eigenvalue weighted by Crippen LogP contribution is 2.28. The van der Waals surface area contributed by atoms with Crippen LogP contribution in [0.25, 0.3) is 0 Å². The van der Waals surface area contributed by atoms with Crippen LogP contribution in [-0.4, -0.2) is 21.1 Å². The van der Waals surface area contributed by atoms with Crippen LogP contribution < -0.4 is 0 Å². The van der Waals surface area contributed by atoms with Crippen LogP contribution in [0.4, 0.5) is 0 Å². The average Bonchev–Trinajstić information content (AvgIpc) is 2.92. The lowest BCUT2D eigenvalue weighted by Gasteiger charge is -2.05. The van der Waals surface area contributed by atoms with Gasteiger partial charge in [0.25, 0.3) is 0 Å². The molecule has 0 N–H and O–H groups in total. The molecule has 1 aromatic heterocycles. The Bertz CT molecular complexity index is 924. The zero-order chi connectivity index (χ0) is 17.8. The van der Waals surface area contributed by atoms with Crippen LogP contribution in [-0.2, 0) is 5.75 Å². The highest BCUT2D eigenvalue weighted by molar-refractivity contribution is 7.98. The third-order valence-electron chi connectivity index (χ3n) is 3.31. The molecule has 0 amide bonds. The molecule has 0 radical (unpaired) electrons. The van der Waals surface area contributed by atoms with E-state index in [0.29, 0.717) is 31.8 Å². The van der Waals surface area contributed by atoms with Crippen molar-refractivity contribution in [3.8, 4) is 0 Å². The van der Waals surface area contributed by atoms with E-state index in [4.69, 9.17) is 34.8 Å². The lowest BCUT2D eigenvalue weighted by atomic mass is 10.2. The SMILES string of the molecule is Cc1nnc(SCc2ccc(Cl)cc2Cl)n1/N=C\c1cccc(Cl)c1. The van der Waals surface area contributed by atoms with E-state index in [1.807, 2.05) is 43.3 Å². The molecule has 0 unspecified atom stereocenters. The van der Waals surface area contributed by atoms with Gasteiger partial charge in [0.05, 0.1) is 6.21 Å². The Morgan fingerprint density at radius 2 is 1.88 bits per heavy atom. The lowest BCUT2D eigenvalue weighted by molar-refractivity contribution is 0.744. The minimum atomic E-state index is 0.615. The number of benzene rings is 2. The Morgan fingerprint density at radius 3 is 2.64 bits per heavy atom. The molecule has 25 heavy (non-hydrogen) atoms. The molecular weight excluding hydrogens is 399 g/mol. The fourth-order valence-electron chi connectivity index (χ4n) is 2.05. The Hall–Kier alpha value is -1.53. The second-order valence-corrected chi connectivity index (χ2v) is 7.39. The third-order valence-corrected chi connectivity index (χ3v) is 5.10. The summed E-state index contributed by atoms with van der Waals surface area (Å²) in [6.07, 6.45) is 1.72. The van der Waals surface area contributed by atoms with Crippen molar-refractivity contribution >= 4 is 52.8 Å². The fraction of sp³-hybridized carbons (Fsp3) is 0.118. The predicted molar refractivity (Wildman–Crippen MR) is 105 cm³/mol. The monoisotopic (exact) mass is 410 g/mol. The third kappa shape index (κ3) is 4.76. The van der Waals surface area contributed by atoms with E-state index in [2.05, 4.69) is 15.3 Å². The summed E-state index contributed by atoms with van der Waals surface area (Å²) < 4.78 is 1.69. The van der Waals surface area contributed by atoms with Crippen LogP contribution in [0.2, 0.25) is 15.1 Å². The topological polar surface area (TPSA) is 43.1 Å². The van der Waals surface area contributed by atoms with Crippen molar-refractivity contribution in [3.63, 3.8) is 0 Å². The van der Waals surface area contributed by atoms with Gasteiger partial charge in [0.1, 0.15) is 0 Å². The molecule has 2 aromatic carbocycles. The average molecular weight is 412 g/mol. The van der Waals surface area contributed by atoms with Crippen LogP contribution in [0.1, 0.15) is 17.0 Å². The molecule has 1 heterocycles. The Labute approximate surface area is 164 Å². The van der Waals surface area contributed by atoms with Gasteiger partial charge in [-0.1, -0.05) is 64.8 Å². The van der Waals surface area contributed by atoms with Gasteiger partial charge in [-0.3, -0.25) is 0 Å². The maximum atomic E-state index is 6.21. The first-order valence-corrected chi connectivity index (χ1v) is 9.43. The second-order valence-electron chi connectivity index (χ2n) is 5.17. The van der Waals surface area contributed by atoms with Crippen molar-refractivity contribution in [1.82, 2.24) is 14.9 Å². The molecule has 3 aromatic rings. The molecule has 8 heteroatoms. The quantitative estimate of drug-likeness (QED) is 0.398. The minimum Gasteiger partial charge on any atom is -0.192 e. The van der Waals surface area contributed by atoms with Crippen molar-refractivity contribution in [2.45, 2.75) is 17.8 Å². The minimum absolute atomic E-state index is 0.615. The first kappa shape index (κ1) is 18.3. The van der Waals surface area contributed by atoms with Crippen LogP contribution in [0.5, 0.6) is 0 Å². The van der Waals surface area contributed by atoms with Gasteiger partial charge in [0, 0.05) is 20.8 Å². The zero-order valence-corrected chi connectivity index (χ0v) is 16.2. The number of nitrogens with zero attached hydrogens (tertiary/aromatic N) is 4. The first-order valence-electron chi connectivity index (χ1n) is 7.31. The number of halogens is 3. The summed E-state index contributed by atoms with van der Waals surface area (Å²) in [5, 5.41) is 15.3. The molecule has 128 valence electrons.